The maximum Gasteiger partial charge on any atom is 0.340 e. The zero-order valence-electron chi connectivity index (χ0n) is 37.6. The predicted octanol–water partition coefficient (Wildman–Crippen LogP) is 2.39. The van der Waals surface area contributed by atoms with Crippen LogP contribution in [0, 0.1) is 35.5 Å². The number of rotatable bonds is 15. The van der Waals surface area contributed by atoms with E-state index in [0.29, 0.717) is 20.3 Å². The molecule has 4 heterocycles. The first-order valence-corrected chi connectivity index (χ1v) is 20.4. The Morgan fingerprint density at radius 1 is 0.431 bits per heavy atom. The largest absolute Gasteiger partial charge is 0.340 e. The summed E-state index contributed by atoms with van der Waals surface area (Å²) in [5, 5.41) is 1.93. The molecule has 4 aliphatic rings. The summed E-state index contributed by atoms with van der Waals surface area (Å²) >= 11 is 0. The highest BCUT2D eigenvalue weighted by atomic mass is 16.7. The first-order valence-electron chi connectivity index (χ1n) is 20.4. The van der Waals surface area contributed by atoms with Crippen molar-refractivity contribution in [2.45, 2.75) is 141 Å². The lowest BCUT2D eigenvalue weighted by Gasteiger charge is -2.13. The minimum atomic E-state index is -0.875. The minimum absolute atomic E-state index is 0. The van der Waals surface area contributed by atoms with E-state index in [-0.39, 0.29) is 93.4 Å². The Morgan fingerprint density at radius 2 is 0.677 bits per heavy atom. The number of hydroxylamine groups is 8. The fraction of sp³-hybridized carbons (Fsp3) is 0.643. The SMILES string of the molecule is C.CC(C)C(=O)CC(=O)ON1C(=O)CC(C)C1=O.CC(C)C(=O)CC(=O)ON1C(=O)CC(C)C1=O.CC(C)C(=O)CC(=O)ON1C(=O)CCC1=O.CC(C)CC(=O)ON1C(=O)CCC1=O. The Kier molecular flexibility index (Phi) is 24.2. The van der Waals surface area contributed by atoms with Crippen LogP contribution in [0.25, 0.3) is 0 Å². The van der Waals surface area contributed by atoms with E-state index in [4.69, 9.17) is 0 Å². The second kappa shape index (κ2) is 26.9. The molecule has 23 heteroatoms. The Balaban J connectivity index is 0.000000838. The van der Waals surface area contributed by atoms with Gasteiger partial charge in [-0.1, -0.05) is 76.7 Å². The number of nitrogens with zero attached hydrogens (tertiary/aromatic N) is 4. The van der Waals surface area contributed by atoms with Gasteiger partial charge in [-0.15, -0.1) is 20.3 Å². The average molecular weight is 925 g/mol. The highest BCUT2D eigenvalue weighted by Crippen LogP contribution is 2.21. The maximum atomic E-state index is 11.4. The lowest BCUT2D eigenvalue weighted by atomic mass is 10.1. The van der Waals surface area contributed by atoms with Crippen molar-refractivity contribution in [3.63, 3.8) is 0 Å². The van der Waals surface area contributed by atoms with Crippen LogP contribution in [0.2, 0.25) is 0 Å². The molecule has 0 aliphatic carbocycles. The summed E-state index contributed by atoms with van der Waals surface area (Å²) in [5.41, 5.74) is 0. The third-order valence-electron chi connectivity index (χ3n) is 8.90. The van der Waals surface area contributed by atoms with E-state index in [1.54, 1.807) is 55.4 Å². The number of carbonyl (C=O) groups is 15. The fourth-order valence-corrected chi connectivity index (χ4v) is 4.93. The van der Waals surface area contributed by atoms with Gasteiger partial charge < -0.3 is 19.4 Å². The maximum absolute atomic E-state index is 11.4. The molecule has 0 aromatic carbocycles. The molecule has 23 nitrogen and oxygen atoms in total. The Labute approximate surface area is 375 Å². The van der Waals surface area contributed by atoms with Gasteiger partial charge in [-0.3, -0.25) is 52.7 Å². The van der Waals surface area contributed by atoms with E-state index in [1.807, 2.05) is 13.8 Å². The quantitative estimate of drug-likeness (QED) is 0.168. The van der Waals surface area contributed by atoms with Gasteiger partial charge in [0.05, 0.1) is 6.42 Å². The summed E-state index contributed by atoms with van der Waals surface area (Å²) in [6, 6.07) is 0. The van der Waals surface area contributed by atoms with Crippen molar-refractivity contribution < 1.29 is 91.3 Å². The second-order valence-corrected chi connectivity index (χ2v) is 16.3. The summed E-state index contributed by atoms with van der Waals surface area (Å²) in [4.78, 5) is 187. The van der Waals surface area contributed by atoms with Gasteiger partial charge in [0.1, 0.15) is 36.6 Å². The van der Waals surface area contributed by atoms with Gasteiger partial charge in [0.2, 0.25) is 0 Å². The van der Waals surface area contributed by atoms with Gasteiger partial charge in [-0.05, 0) is 5.92 Å². The number of carbonyl (C=O) groups excluding carboxylic acids is 15. The van der Waals surface area contributed by atoms with E-state index in [0.717, 1.165) is 0 Å². The highest BCUT2D eigenvalue weighted by Gasteiger charge is 2.40. The topological polar surface area (TPSA) is 306 Å². The van der Waals surface area contributed by atoms with Gasteiger partial charge in [0.15, 0.2) is 0 Å². The predicted molar refractivity (Wildman–Crippen MR) is 217 cm³/mol. The lowest BCUT2D eigenvalue weighted by molar-refractivity contribution is -0.198. The molecule has 0 N–H and O–H groups in total. The van der Waals surface area contributed by atoms with Crippen LogP contribution in [0.5, 0.6) is 0 Å². The van der Waals surface area contributed by atoms with Crippen LogP contribution in [0.1, 0.15) is 141 Å². The van der Waals surface area contributed by atoms with E-state index in [9.17, 15) is 71.9 Å². The van der Waals surface area contributed by atoms with Crippen LogP contribution in [0.15, 0.2) is 0 Å². The molecular formula is C42H60N4O19. The van der Waals surface area contributed by atoms with E-state index in [1.165, 1.54) is 0 Å². The lowest BCUT2D eigenvalue weighted by Crippen LogP contribution is -2.34. The number of amides is 8. The molecular weight excluding hydrogens is 864 g/mol. The van der Waals surface area contributed by atoms with Crippen molar-refractivity contribution in [1.82, 2.24) is 20.3 Å². The third-order valence-corrected chi connectivity index (χ3v) is 8.90. The molecule has 0 spiro atoms. The van der Waals surface area contributed by atoms with Crippen LogP contribution in [0.3, 0.4) is 0 Å². The molecule has 0 aromatic rings. The number of Topliss-reactive ketones (excluding diaryl/α,β-unsaturated/α-hetero) is 3. The van der Waals surface area contributed by atoms with Gasteiger partial charge in [-0.25, -0.2) is 19.2 Å². The Bertz CT molecular complexity index is 1800. The average Bonchev–Trinajstić information content (AvgIpc) is 3.83. The van der Waals surface area contributed by atoms with E-state index >= 15 is 0 Å². The third kappa shape index (κ3) is 19.4. The van der Waals surface area contributed by atoms with Crippen LogP contribution in [-0.4, -0.2) is 109 Å². The van der Waals surface area contributed by atoms with Crippen LogP contribution in [0.4, 0.5) is 0 Å². The molecule has 0 radical (unpaired) electrons. The van der Waals surface area contributed by atoms with Gasteiger partial charge >= 0.3 is 23.9 Å². The standard InChI is InChI=1S/2C11H15NO5.C10H13NO5.C9H13NO4.CH4/c2*1-6(2)8(13)5-10(15)17-12-9(14)4-7(3)11(12)16;1-6(2)7(12)5-10(15)16-11-8(13)3-4-9(11)14;1-6(2)5-9(13)14-10-7(11)3-4-8(10)12;/h2*6-7H,4-5H2,1-3H3;6H,3-5H2,1-2H3;6H,3-5H2,1-2H3;1H4. The smallest absolute Gasteiger partial charge is 0.330 e. The highest BCUT2D eigenvalue weighted by molar-refractivity contribution is 6.06. The first kappa shape index (κ1) is 58.4. The molecule has 4 aliphatic heterocycles. The Morgan fingerprint density at radius 3 is 0.892 bits per heavy atom. The second-order valence-electron chi connectivity index (χ2n) is 16.3. The van der Waals surface area contributed by atoms with Crippen LogP contribution >= 0.6 is 0 Å². The van der Waals surface area contributed by atoms with Crippen molar-refractivity contribution in [2.75, 3.05) is 0 Å². The van der Waals surface area contributed by atoms with Crippen molar-refractivity contribution in [3.8, 4) is 0 Å². The summed E-state index contributed by atoms with van der Waals surface area (Å²) in [5.74, 6) is -9.83. The van der Waals surface area contributed by atoms with Crippen molar-refractivity contribution >= 4 is 88.5 Å². The van der Waals surface area contributed by atoms with Gasteiger partial charge in [0, 0.05) is 68.1 Å². The van der Waals surface area contributed by atoms with E-state index in [2.05, 4.69) is 19.4 Å². The minimum Gasteiger partial charge on any atom is -0.330 e. The summed E-state index contributed by atoms with van der Waals surface area (Å²) < 4.78 is 0. The monoisotopic (exact) mass is 924 g/mol. The molecule has 65 heavy (non-hydrogen) atoms. The molecule has 2 atom stereocenters. The summed E-state index contributed by atoms with van der Waals surface area (Å²) in [7, 11) is 0. The van der Waals surface area contributed by atoms with Crippen LogP contribution in [-0.2, 0) is 91.3 Å². The van der Waals surface area contributed by atoms with Crippen LogP contribution < -0.4 is 0 Å². The zero-order chi connectivity index (χ0) is 49.3. The number of hydrogen-bond acceptors (Lipinski definition) is 19. The first-order chi connectivity index (χ1) is 29.6. The number of ketones is 3. The molecule has 0 bridgehead atoms. The van der Waals surface area contributed by atoms with Gasteiger partial charge in [0.25, 0.3) is 47.3 Å². The molecule has 4 fully saturated rings. The molecule has 4 saturated heterocycles. The normalized spacial score (nSPS) is 17.9. The number of hydrogen-bond donors (Lipinski definition) is 0. The van der Waals surface area contributed by atoms with Crippen molar-refractivity contribution in [1.29, 1.82) is 0 Å². The van der Waals surface area contributed by atoms with E-state index < -0.39 is 102 Å². The summed E-state index contributed by atoms with van der Waals surface area (Å²) in [6.45, 7) is 16.8. The Hall–Kier alpha value is -6.55. The number of imide groups is 4. The molecule has 2 unspecified atom stereocenters. The van der Waals surface area contributed by atoms with Crippen molar-refractivity contribution in [3.05, 3.63) is 0 Å². The summed E-state index contributed by atoms with van der Waals surface area (Å²) in [6.07, 6.45) is -0.650. The molecule has 4 rings (SSSR count). The van der Waals surface area contributed by atoms with Gasteiger partial charge in [-0.2, -0.15) is 0 Å². The molecule has 0 saturated carbocycles. The molecule has 362 valence electrons. The zero-order valence-corrected chi connectivity index (χ0v) is 37.6. The molecule has 0 aromatic heterocycles. The molecule has 8 amide bonds. The fourth-order valence-electron chi connectivity index (χ4n) is 4.93. The van der Waals surface area contributed by atoms with Crippen molar-refractivity contribution in [2.24, 2.45) is 35.5 Å².